The fourth-order valence-corrected chi connectivity index (χ4v) is 1.60. The lowest BCUT2D eigenvalue weighted by atomic mass is 10.4. The molecule has 0 aliphatic heterocycles. The van der Waals surface area contributed by atoms with Crippen molar-refractivity contribution in [1.82, 2.24) is 4.98 Å². The predicted molar refractivity (Wildman–Crippen MR) is 50.5 cm³/mol. The Labute approximate surface area is 99.0 Å². The number of nitrogens with zero attached hydrogens (tertiary/aromatic N) is 1. The normalized spacial score (nSPS) is 12.3. The number of nitrogens with two attached hydrogens (primary N) is 1. The van der Waals surface area contributed by atoms with Gasteiger partial charge < -0.3 is 14.6 Å². The summed E-state index contributed by atoms with van der Waals surface area (Å²) in [6, 6.07) is 0.447. The predicted octanol–water partition coefficient (Wildman–Crippen LogP) is 0.342. The Morgan fingerprint density at radius 2 is 1.94 bits per heavy atom. The highest BCUT2D eigenvalue weighted by Crippen LogP contribution is 2.34. The third-order valence-corrected chi connectivity index (χ3v) is 2.52. The van der Waals surface area contributed by atoms with Crippen LogP contribution in [0.2, 0.25) is 0 Å². The number of methoxy groups -OCH3 is 1. The molecular formula is C7H7F3N2O5S. The van der Waals surface area contributed by atoms with Crippen molar-refractivity contribution >= 4 is 10.0 Å². The van der Waals surface area contributed by atoms with Crippen LogP contribution in [0, 0.1) is 0 Å². The molecule has 11 heteroatoms. The molecule has 0 unspecified atom stereocenters. The molecule has 0 aliphatic rings. The van der Waals surface area contributed by atoms with Gasteiger partial charge in [-0.2, -0.15) is 4.98 Å². The number of aromatic hydroxyl groups is 1. The zero-order valence-corrected chi connectivity index (χ0v) is 9.54. The molecule has 3 N–H and O–H groups in total. The van der Waals surface area contributed by atoms with Crippen LogP contribution in [0.3, 0.4) is 0 Å². The molecule has 18 heavy (non-hydrogen) atoms. The maximum Gasteiger partial charge on any atom is 0.574 e. The van der Waals surface area contributed by atoms with Gasteiger partial charge in [-0.3, -0.25) is 0 Å². The maximum atomic E-state index is 12.0. The van der Waals surface area contributed by atoms with E-state index < -0.39 is 38.8 Å². The molecule has 102 valence electrons. The van der Waals surface area contributed by atoms with Gasteiger partial charge in [-0.1, -0.05) is 0 Å². The Balaban J connectivity index is 3.45. The zero-order valence-electron chi connectivity index (χ0n) is 8.72. The topological polar surface area (TPSA) is 112 Å². The number of sulfonamides is 1. The maximum absolute atomic E-state index is 12.0. The SMILES string of the molecule is COc1nc(OC(F)(F)F)c(S(N)(=O)=O)cc1O. The molecule has 0 saturated heterocycles. The number of aromatic nitrogens is 1. The van der Waals surface area contributed by atoms with Crippen LogP contribution in [0.4, 0.5) is 13.2 Å². The Bertz CT molecular complexity index is 557. The first-order valence-electron chi connectivity index (χ1n) is 4.11. The summed E-state index contributed by atoms with van der Waals surface area (Å²) in [6.45, 7) is 0. The third-order valence-electron chi connectivity index (χ3n) is 1.61. The molecule has 0 spiro atoms. The third kappa shape index (κ3) is 3.37. The van der Waals surface area contributed by atoms with Crippen LogP contribution >= 0.6 is 0 Å². The minimum Gasteiger partial charge on any atom is -0.503 e. The second-order valence-electron chi connectivity index (χ2n) is 2.91. The number of alkyl halides is 3. The van der Waals surface area contributed by atoms with E-state index in [1.54, 1.807) is 0 Å². The number of primary sulfonamides is 1. The molecule has 0 aliphatic carbocycles. The van der Waals surface area contributed by atoms with E-state index in [1.165, 1.54) is 0 Å². The summed E-state index contributed by atoms with van der Waals surface area (Å²) in [5, 5.41) is 13.9. The molecule has 0 saturated carbocycles. The van der Waals surface area contributed by atoms with E-state index in [2.05, 4.69) is 19.6 Å². The van der Waals surface area contributed by atoms with Gasteiger partial charge >= 0.3 is 6.36 Å². The molecule has 1 heterocycles. The molecule has 0 aromatic carbocycles. The summed E-state index contributed by atoms with van der Waals surface area (Å²) in [7, 11) is -3.55. The summed E-state index contributed by atoms with van der Waals surface area (Å²) in [5.74, 6) is -2.77. The van der Waals surface area contributed by atoms with Gasteiger partial charge in [0.25, 0.3) is 5.88 Å². The summed E-state index contributed by atoms with van der Waals surface area (Å²) in [4.78, 5) is 1.96. The summed E-state index contributed by atoms with van der Waals surface area (Å²) in [6.07, 6.45) is -5.17. The van der Waals surface area contributed by atoms with E-state index in [0.717, 1.165) is 7.11 Å². The lowest BCUT2D eigenvalue weighted by Gasteiger charge is -2.12. The highest BCUT2D eigenvalue weighted by atomic mass is 32.2. The molecule has 7 nitrogen and oxygen atoms in total. The van der Waals surface area contributed by atoms with E-state index in [0.29, 0.717) is 6.07 Å². The van der Waals surface area contributed by atoms with Gasteiger partial charge in [-0.05, 0) is 0 Å². The zero-order chi connectivity index (χ0) is 14.1. The largest absolute Gasteiger partial charge is 0.574 e. The van der Waals surface area contributed by atoms with Crippen molar-refractivity contribution in [2.24, 2.45) is 5.14 Å². The first-order chi connectivity index (χ1) is 8.04. The van der Waals surface area contributed by atoms with Crippen molar-refractivity contribution in [3.63, 3.8) is 0 Å². The van der Waals surface area contributed by atoms with Crippen LogP contribution in [0.5, 0.6) is 17.5 Å². The molecule has 0 bridgehead atoms. The van der Waals surface area contributed by atoms with Gasteiger partial charge in [0.1, 0.15) is 4.90 Å². The fourth-order valence-electron chi connectivity index (χ4n) is 0.989. The highest BCUT2D eigenvalue weighted by molar-refractivity contribution is 7.89. The number of pyridine rings is 1. The van der Waals surface area contributed by atoms with Gasteiger partial charge in [0, 0.05) is 6.07 Å². The molecule has 0 amide bonds. The van der Waals surface area contributed by atoms with E-state index in [-0.39, 0.29) is 0 Å². The van der Waals surface area contributed by atoms with Gasteiger partial charge in [0.05, 0.1) is 7.11 Å². The van der Waals surface area contributed by atoms with E-state index in [9.17, 15) is 26.7 Å². The van der Waals surface area contributed by atoms with Gasteiger partial charge in [-0.25, -0.2) is 13.6 Å². The van der Waals surface area contributed by atoms with Crippen LogP contribution in [0.1, 0.15) is 0 Å². The minimum absolute atomic E-state index is 0.447. The molecule has 0 fully saturated rings. The summed E-state index contributed by atoms with van der Waals surface area (Å²) < 4.78 is 66.0. The van der Waals surface area contributed by atoms with E-state index in [1.807, 2.05) is 0 Å². The van der Waals surface area contributed by atoms with Crippen molar-refractivity contribution in [2.75, 3.05) is 7.11 Å². The standard InChI is InChI=1S/C7H7F3N2O5S/c1-16-5-3(13)2-4(18(11,14)15)6(12-5)17-7(8,9)10/h2,13H,1H3,(H2,11,14,15). The van der Waals surface area contributed by atoms with Crippen molar-refractivity contribution in [1.29, 1.82) is 0 Å². The van der Waals surface area contributed by atoms with Crippen molar-refractivity contribution in [2.45, 2.75) is 11.3 Å². The van der Waals surface area contributed by atoms with Gasteiger partial charge in [-0.15, -0.1) is 13.2 Å². The summed E-state index contributed by atoms with van der Waals surface area (Å²) in [5.41, 5.74) is 0. The second kappa shape index (κ2) is 4.49. The first-order valence-corrected chi connectivity index (χ1v) is 5.66. The van der Waals surface area contributed by atoms with E-state index >= 15 is 0 Å². The fraction of sp³-hybridized carbons (Fsp3) is 0.286. The smallest absolute Gasteiger partial charge is 0.503 e. The lowest BCUT2D eigenvalue weighted by Crippen LogP contribution is -2.22. The Hall–Kier alpha value is -1.75. The molecule has 1 aromatic rings. The second-order valence-corrected chi connectivity index (χ2v) is 4.44. The molecule has 1 rings (SSSR count). The van der Waals surface area contributed by atoms with Crippen LogP contribution in [-0.2, 0) is 10.0 Å². The van der Waals surface area contributed by atoms with E-state index in [4.69, 9.17) is 0 Å². The Kier molecular flexibility index (Phi) is 3.57. The van der Waals surface area contributed by atoms with Gasteiger partial charge in [0.2, 0.25) is 15.9 Å². The first kappa shape index (κ1) is 14.3. The van der Waals surface area contributed by atoms with Crippen molar-refractivity contribution in [3.8, 4) is 17.5 Å². The van der Waals surface area contributed by atoms with Crippen LogP contribution in [0.25, 0.3) is 0 Å². The van der Waals surface area contributed by atoms with Crippen molar-refractivity contribution < 1.29 is 36.2 Å². The summed E-state index contributed by atoms with van der Waals surface area (Å²) >= 11 is 0. The molecular weight excluding hydrogens is 281 g/mol. The minimum atomic E-state index is -5.17. The molecule has 0 atom stereocenters. The van der Waals surface area contributed by atoms with Crippen LogP contribution in [0.15, 0.2) is 11.0 Å². The monoisotopic (exact) mass is 288 g/mol. The highest BCUT2D eigenvalue weighted by Gasteiger charge is 2.35. The number of hydrogen-bond donors (Lipinski definition) is 2. The molecule has 0 radical (unpaired) electrons. The number of hydrogen-bond acceptors (Lipinski definition) is 6. The number of ether oxygens (including phenoxy) is 2. The van der Waals surface area contributed by atoms with Crippen molar-refractivity contribution in [3.05, 3.63) is 6.07 Å². The van der Waals surface area contributed by atoms with Crippen LogP contribution in [-0.4, -0.2) is 32.0 Å². The molecule has 1 aromatic heterocycles. The average Bonchev–Trinajstić information content (AvgIpc) is 2.16. The quantitative estimate of drug-likeness (QED) is 0.829. The number of rotatable bonds is 3. The Morgan fingerprint density at radius 1 is 1.39 bits per heavy atom. The number of halogens is 3. The Morgan fingerprint density at radius 3 is 2.33 bits per heavy atom. The average molecular weight is 288 g/mol. The van der Waals surface area contributed by atoms with Gasteiger partial charge in [0.15, 0.2) is 5.75 Å². The van der Waals surface area contributed by atoms with Crippen LogP contribution < -0.4 is 14.6 Å². The lowest BCUT2D eigenvalue weighted by molar-refractivity contribution is -0.277.